The molecule has 1 aromatic heterocycles. The predicted octanol–water partition coefficient (Wildman–Crippen LogP) is 3.20. The molecule has 0 bridgehead atoms. The van der Waals surface area contributed by atoms with Crippen LogP contribution in [0.3, 0.4) is 0 Å². The largest absolute Gasteiger partial charge is 0.507 e. The Labute approximate surface area is 149 Å². The zero-order valence-corrected chi connectivity index (χ0v) is 14.8. The van der Waals surface area contributed by atoms with Gasteiger partial charge < -0.3 is 28.5 Å². The second-order valence-corrected chi connectivity index (χ2v) is 5.41. The summed E-state index contributed by atoms with van der Waals surface area (Å²) in [4.78, 5) is 12.5. The number of phenolic OH excluding ortho intramolecular Hbond substituents is 1. The summed E-state index contributed by atoms with van der Waals surface area (Å²) in [5.74, 6) is 1.72. The Morgan fingerprint density at radius 1 is 0.846 bits per heavy atom. The Hall–Kier alpha value is -3.35. The van der Waals surface area contributed by atoms with Crippen LogP contribution in [0.2, 0.25) is 0 Å². The highest BCUT2D eigenvalue weighted by molar-refractivity contribution is 5.86. The van der Waals surface area contributed by atoms with E-state index in [1.54, 1.807) is 12.1 Å². The minimum Gasteiger partial charge on any atom is -0.507 e. The number of rotatable bonds is 5. The Morgan fingerprint density at radius 2 is 1.54 bits per heavy atom. The van der Waals surface area contributed by atoms with Crippen molar-refractivity contribution in [1.82, 2.24) is 0 Å². The van der Waals surface area contributed by atoms with Gasteiger partial charge in [-0.15, -0.1) is 0 Å². The summed E-state index contributed by atoms with van der Waals surface area (Å²) < 4.78 is 27.0. The molecule has 0 saturated carbocycles. The van der Waals surface area contributed by atoms with Gasteiger partial charge in [0.25, 0.3) is 0 Å². The molecule has 0 aliphatic rings. The van der Waals surface area contributed by atoms with Gasteiger partial charge in [0.15, 0.2) is 16.9 Å². The number of methoxy groups -OCH3 is 4. The summed E-state index contributed by atoms with van der Waals surface area (Å²) in [6.45, 7) is 0. The Bertz CT molecular complexity index is 1020. The average Bonchev–Trinajstić information content (AvgIpc) is 2.65. The van der Waals surface area contributed by atoms with Crippen LogP contribution in [0.25, 0.3) is 22.3 Å². The first-order chi connectivity index (χ1) is 12.5. The van der Waals surface area contributed by atoms with Crippen molar-refractivity contribution in [2.75, 3.05) is 28.4 Å². The Morgan fingerprint density at radius 3 is 2.15 bits per heavy atom. The molecule has 0 radical (unpaired) electrons. The summed E-state index contributed by atoms with van der Waals surface area (Å²) >= 11 is 0. The first kappa shape index (κ1) is 17.5. The van der Waals surface area contributed by atoms with Crippen molar-refractivity contribution < 1.29 is 28.5 Å². The first-order valence-electron chi connectivity index (χ1n) is 7.67. The molecule has 2 aromatic carbocycles. The second kappa shape index (κ2) is 6.87. The van der Waals surface area contributed by atoms with Gasteiger partial charge >= 0.3 is 0 Å². The number of benzene rings is 2. The lowest BCUT2D eigenvalue weighted by molar-refractivity contribution is 0.349. The summed E-state index contributed by atoms with van der Waals surface area (Å²) in [5.41, 5.74) is 0.267. The van der Waals surface area contributed by atoms with E-state index in [1.165, 1.54) is 46.6 Å². The maximum Gasteiger partial charge on any atom is 0.197 e. The summed E-state index contributed by atoms with van der Waals surface area (Å²) in [6.07, 6.45) is 0. The molecule has 0 unspecified atom stereocenters. The summed E-state index contributed by atoms with van der Waals surface area (Å²) in [6, 6.07) is 7.50. The lowest BCUT2D eigenvalue weighted by Gasteiger charge is -2.14. The molecular formula is C19H18O7. The fourth-order valence-electron chi connectivity index (χ4n) is 2.73. The third-order valence-electron chi connectivity index (χ3n) is 3.97. The van der Waals surface area contributed by atoms with Gasteiger partial charge in [0.2, 0.25) is 0 Å². The van der Waals surface area contributed by atoms with E-state index in [1.807, 2.05) is 0 Å². The van der Waals surface area contributed by atoms with Crippen LogP contribution in [0.4, 0.5) is 0 Å². The maximum absolute atomic E-state index is 12.5. The van der Waals surface area contributed by atoms with Crippen molar-refractivity contribution >= 4 is 11.0 Å². The number of hydrogen-bond acceptors (Lipinski definition) is 7. The van der Waals surface area contributed by atoms with E-state index in [9.17, 15) is 9.90 Å². The molecule has 1 N–H and O–H groups in total. The Kier molecular flexibility index (Phi) is 4.62. The van der Waals surface area contributed by atoms with Crippen LogP contribution >= 0.6 is 0 Å². The molecule has 1 heterocycles. The number of fused-ring (bicyclic) bond motifs is 1. The van der Waals surface area contributed by atoms with Gasteiger partial charge in [0.05, 0.1) is 34.0 Å². The van der Waals surface area contributed by atoms with Crippen LogP contribution in [0.5, 0.6) is 28.7 Å². The zero-order valence-electron chi connectivity index (χ0n) is 14.8. The van der Waals surface area contributed by atoms with Crippen molar-refractivity contribution in [2.24, 2.45) is 0 Å². The predicted molar refractivity (Wildman–Crippen MR) is 95.8 cm³/mol. The van der Waals surface area contributed by atoms with Gasteiger partial charge in [-0.3, -0.25) is 4.79 Å². The van der Waals surface area contributed by atoms with Crippen LogP contribution < -0.4 is 24.4 Å². The number of phenols is 1. The topological polar surface area (TPSA) is 87.4 Å². The monoisotopic (exact) mass is 358 g/mol. The number of aromatic hydroxyl groups is 1. The maximum atomic E-state index is 12.5. The minimum absolute atomic E-state index is 0.0726. The molecule has 0 aliphatic carbocycles. The quantitative estimate of drug-likeness (QED) is 0.749. The normalized spacial score (nSPS) is 10.6. The standard InChI is InChI=1S/C19H18O7/c1-22-10-5-12(19(25-4)17(8-10)24-3)15-9-14(21)18-13(20)6-11(23-2)7-16(18)26-15/h5-9,20H,1-4H3. The highest BCUT2D eigenvalue weighted by atomic mass is 16.5. The molecule has 136 valence electrons. The van der Waals surface area contributed by atoms with Crippen LogP contribution in [-0.2, 0) is 0 Å². The molecule has 7 heteroatoms. The molecule has 3 aromatic rings. The van der Waals surface area contributed by atoms with Crippen LogP contribution in [-0.4, -0.2) is 33.5 Å². The highest BCUT2D eigenvalue weighted by Crippen LogP contribution is 2.42. The fourth-order valence-corrected chi connectivity index (χ4v) is 2.73. The van der Waals surface area contributed by atoms with Gasteiger partial charge in [0, 0.05) is 24.3 Å². The van der Waals surface area contributed by atoms with Crippen molar-refractivity contribution in [1.29, 1.82) is 0 Å². The molecule has 0 aliphatic heterocycles. The molecule has 0 saturated heterocycles. The molecule has 26 heavy (non-hydrogen) atoms. The van der Waals surface area contributed by atoms with Crippen LogP contribution in [0, 0.1) is 0 Å². The van der Waals surface area contributed by atoms with Gasteiger partial charge in [-0.25, -0.2) is 0 Å². The van der Waals surface area contributed by atoms with E-state index in [0.717, 1.165) is 0 Å². The smallest absolute Gasteiger partial charge is 0.197 e. The van der Waals surface area contributed by atoms with E-state index >= 15 is 0 Å². The molecule has 0 fully saturated rings. The van der Waals surface area contributed by atoms with Crippen molar-refractivity contribution in [2.45, 2.75) is 0 Å². The molecule has 0 amide bonds. The number of ether oxygens (including phenoxy) is 4. The van der Waals surface area contributed by atoms with E-state index < -0.39 is 5.43 Å². The molecular weight excluding hydrogens is 340 g/mol. The van der Waals surface area contributed by atoms with Gasteiger partial charge in [0.1, 0.15) is 34.0 Å². The highest BCUT2D eigenvalue weighted by Gasteiger charge is 2.19. The summed E-state index contributed by atoms with van der Waals surface area (Å²) in [7, 11) is 5.96. The third kappa shape index (κ3) is 2.88. The zero-order chi connectivity index (χ0) is 18.8. The average molecular weight is 358 g/mol. The lowest BCUT2D eigenvalue weighted by Crippen LogP contribution is -2.02. The third-order valence-corrected chi connectivity index (χ3v) is 3.97. The van der Waals surface area contributed by atoms with Gasteiger partial charge in [-0.1, -0.05) is 0 Å². The Balaban J connectivity index is 2.34. The lowest BCUT2D eigenvalue weighted by atomic mass is 10.1. The van der Waals surface area contributed by atoms with Gasteiger partial charge in [-0.05, 0) is 6.07 Å². The van der Waals surface area contributed by atoms with E-state index in [-0.39, 0.29) is 22.5 Å². The van der Waals surface area contributed by atoms with E-state index in [4.69, 9.17) is 23.4 Å². The SMILES string of the molecule is COc1cc(OC)c(OC)c(-c2cc(=O)c3c(O)cc(OC)cc3o2)c1. The van der Waals surface area contributed by atoms with E-state index in [2.05, 4.69) is 0 Å². The van der Waals surface area contributed by atoms with Crippen molar-refractivity contribution in [3.05, 3.63) is 40.6 Å². The van der Waals surface area contributed by atoms with Crippen molar-refractivity contribution in [3.63, 3.8) is 0 Å². The van der Waals surface area contributed by atoms with Crippen molar-refractivity contribution in [3.8, 4) is 40.1 Å². The molecule has 7 nitrogen and oxygen atoms in total. The van der Waals surface area contributed by atoms with Crippen LogP contribution in [0.15, 0.2) is 39.5 Å². The van der Waals surface area contributed by atoms with Gasteiger partial charge in [-0.2, -0.15) is 0 Å². The first-order valence-corrected chi connectivity index (χ1v) is 7.67. The number of hydrogen-bond donors (Lipinski definition) is 1. The molecule has 0 atom stereocenters. The second-order valence-electron chi connectivity index (χ2n) is 5.41. The molecule has 3 rings (SSSR count). The minimum atomic E-state index is -0.398. The summed E-state index contributed by atoms with van der Waals surface area (Å²) in [5, 5.41) is 10.2. The van der Waals surface area contributed by atoms with E-state index in [0.29, 0.717) is 28.6 Å². The molecule has 0 spiro atoms. The fraction of sp³-hybridized carbons (Fsp3) is 0.211. The van der Waals surface area contributed by atoms with Crippen LogP contribution in [0.1, 0.15) is 0 Å².